The number of benzene rings is 1. The molecule has 1 aromatic rings. The van der Waals surface area contributed by atoms with Gasteiger partial charge < -0.3 is 14.8 Å². The lowest BCUT2D eigenvalue weighted by molar-refractivity contribution is -0.147. The van der Waals surface area contributed by atoms with Gasteiger partial charge in [0.2, 0.25) is 0 Å². The molecule has 1 aliphatic rings. The molecule has 0 spiro atoms. The summed E-state index contributed by atoms with van der Waals surface area (Å²) in [4.78, 5) is 24.3. The third-order valence-corrected chi connectivity index (χ3v) is 4.15. The number of esters is 1. The number of carbonyl (C=O) groups excluding carboxylic acids is 2. The predicted octanol–water partition coefficient (Wildman–Crippen LogP) is 3.59. The monoisotopic (exact) mass is 331 g/mol. The Kier molecular flexibility index (Phi) is 6.85. The van der Waals surface area contributed by atoms with Gasteiger partial charge in [0.15, 0.2) is 0 Å². The number of hydrogen-bond acceptors (Lipinski definition) is 4. The molecule has 130 valence electrons. The Morgan fingerprint density at radius 2 is 2.04 bits per heavy atom. The summed E-state index contributed by atoms with van der Waals surface area (Å²) in [6.07, 6.45) is 2.93. The van der Waals surface area contributed by atoms with E-state index in [-0.39, 0.29) is 19.1 Å². The standard InChI is InChI=1S/C19H25NO4/c1-3-23-18(21)17(16-11-7-8-14(2)12-16)20-19(22)24-13-15-9-5-4-6-10-15/h4-6,9-10,16-17H,2-3,7-8,11-13H2,1H3,(H,20,22)/t16-,17-/m0/s1. The zero-order chi connectivity index (χ0) is 17.4. The van der Waals surface area contributed by atoms with Crippen molar-refractivity contribution < 1.29 is 19.1 Å². The highest BCUT2D eigenvalue weighted by Gasteiger charge is 2.33. The molecule has 1 aliphatic carbocycles. The first-order chi connectivity index (χ1) is 11.6. The van der Waals surface area contributed by atoms with E-state index in [4.69, 9.17) is 9.47 Å². The van der Waals surface area contributed by atoms with E-state index in [1.165, 1.54) is 0 Å². The van der Waals surface area contributed by atoms with Gasteiger partial charge in [-0.15, -0.1) is 0 Å². The Bertz CT molecular complexity index is 570. The van der Waals surface area contributed by atoms with E-state index in [2.05, 4.69) is 11.9 Å². The lowest BCUT2D eigenvalue weighted by Crippen LogP contribution is -2.47. The molecular formula is C19H25NO4. The van der Waals surface area contributed by atoms with Gasteiger partial charge in [-0.2, -0.15) is 0 Å². The maximum Gasteiger partial charge on any atom is 0.408 e. The predicted molar refractivity (Wildman–Crippen MR) is 91.3 cm³/mol. The van der Waals surface area contributed by atoms with Gasteiger partial charge in [-0.25, -0.2) is 9.59 Å². The van der Waals surface area contributed by atoms with Crippen LogP contribution in [0.15, 0.2) is 42.5 Å². The first kappa shape index (κ1) is 18.0. The van der Waals surface area contributed by atoms with E-state index in [0.717, 1.165) is 36.8 Å². The van der Waals surface area contributed by atoms with Crippen molar-refractivity contribution in [3.63, 3.8) is 0 Å². The number of nitrogens with one attached hydrogen (secondary N) is 1. The van der Waals surface area contributed by atoms with Crippen molar-refractivity contribution in [3.8, 4) is 0 Å². The number of hydrogen-bond donors (Lipinski definition) is 1. The highest BCUT2D eigenvalue weighted by atomic mass is 16.6. The lowest BCUT2D eigenvalue weighted by atomic mass is 9.81. The lowest BCUT2D eigenvalue weighted by Gasteiger charge is -2.30. The Morgan fingerprint density at radius 3 is 2.71 bits per heavy atom. The largest absolute Gasteiger partial charge is 0.464 e. The zero-order valence-corrected chi connectivity index (χ0v) is 14.1. The summed E-state index contributed by atoms with van der Waals surface area (Å²) in [5, 5.41) is 2.69. The van der Waals surface area contributed by atoms with Crippen molar-refractivity contribution >= 4 is 12.1 Å². The topological polar surface area (TPSA) is 64.6 Å². The Morgan fingerprint density at radius 1 is 1.29 bits per heavy atom. The van der Waals surface area contributed by atoms with Crippen LogP contribution in [-0.2, 0) is 20.9 Å². The maximum atomic E-state index is 12.2. The first-order valence-electron chi connectivity index (χ1n) is 8.40. The van der Waals surface area contributed by atoms with E-state index < -0.39 is 18.1 Å². The van der Waals surface area contributed by atoms with Crippen LogP contribution in [0.1, 0.15) is 38.2 Å². The molecule has 1 saturated carbocycles. The van der Waals surface area contributed by atoms with Crippen LogP contribution >= 0.6 is 0 Å². The van der Waals surface area contributed by atoms with Crippen molar-refractivity contribution in [1.29, 1.82) is 0 Å². The zero-order valence-electron chi connectivity index (χ0n) is 14.1. The summed E-state index contributed by atoms with van der Waals surface area (Å²) >= 11 is 0. The average molecular weight is 331 g/mol. The molecular weight excluding hydrogens is 306 g/mol. The van der Waals surface area contributed by atoms with Gasteiger partial charge in [0.1, 0.15) is 12.6 Å². The van der Waals surface area contributed by atoms with Crippen LogP contribution in [0.25, 0.3) is 0 Å². The van der Waals surface area contributed by atoms with Crippen molar-refractivity contribution in [2.75, 3.05) is 6.61 Å². The van der Waals surface area contributed by atoms with Gasteiger partial charge in [0.25, 0.3) is 0 Å². The van der Waals surface area contributed by atoms with Crippen LogP contribution in [0.4, 0.5) is 4.79 Å². The minimum absolute atomic E-state index is 0.00887. The highest BCUT2D eigenvalue weighted by Crippen LogP contribution is 2.30. The fraction of sp³-hybridized carbons (Fsp3) is 0.474. The molecule has 1 N–H and O–H groups in total. The molecule has 0 unspecified atom stereocenters. The van der Waals surface area contributed by atoms with Gasteiger partial charge >= 0.3 is 12.1 Å². The van der Waals surface area contributed by atoms with Crippen molar-refractivity contribution in [1.82, 2.24) is 5.32 Å². The summed E-state index contributed by atoms with van der Waals surface area (Å²) < 4.78 is 10.3. The fourth-order valence-electron chi connectivity index (χ4n) is 2.97. The van der Waals surface area contributed by atoms with Crippen LogP contribution < -0.4 is 5.32 Å². The van der Waals surface area contributed by atoms with Crippen LogP contribution in [0.2, 0.25) is 0 Å². The molecule has 1 aromatic carbocycles. The van der Waals surface area contributed by atoms with Crippen molar-refractivity contribution in [3.05, 3.63) is 48.0 Å². The Balaban J connectivity index is 1.94. The van der Waals surface area contributed by atoms with Crippen LogP contribution in [0.5, 0.6) is 0 Å². The van der Waals surface area contributed by atoms with Gasteiger partial charge in [-0.05, 0) is 44.1 Å². The van der Waals surface area contributed by atoms with E-state index in [1.807, 2.05) is 30.3 Å². The second-order valence-corrected chi connectivity index (χ2v) is 6.04. The van der Waals surface area contributed by atoms with Gasteiger partial charge in [-0.1, -0.05) is 42.5 Å². The molecule has 1 amide bonds. The summed E-state index contributed by atoms with van der Waals surface area (Å²) in [7, 11) is 0. The first-order valence-corrected chi connectivity index (χ1v) is 8.40. The molecule has 0 saturated heterocycles. The molecule has 0 radical (unpaired) electrons. The quantitative estimate of drug-likeness (QED) is 0.639. The van der Waals surface area contributed by atoms with Gasteiger partial charge in [0, 0.05) is 0 Å². The van der Waals surface area contributed by atoms with E-state index >= 15 is 0 Å². The number of amides is 1. The van der Waals surface area contributed by atoms with Gasteiger partial charge in [0.05, 0.1) is 6.61 Å². The summed E-state index contributed by atoms with van der Waals surface area (Å²) in [5.74, 6) is -0.400. The normalized spacial score (nSPS) is 18.5. The molecule has 5 heteroatoms. The average Bonchev–Trinajstić information content (AvgIpc) is 2.59. The third-order valence-electron chi connectivity index (χ3n) is 4.15. The fourth-order valence-corrected chi connectivity index (χ4v) is 2.97. The molecule has 1 fully saturated rings. The SMILES string of the molecule is C=C1CCC[C@H]([C@H](NC(=O)OCc2ccccc2)C(=O)OCC)C1. The van der Waals surface area contributed by atoms with E-state index in [1.54, 1.807) is 6.92 Å². The molecule has 0 aliphatic heterocycles. The molecule has 24 heavy (non-hydrogen) atoms. The molecule has 0 aromatic heterocycles. The molecule has 0 bridgehead atoms. The van der Waals surface area contributed by atoms with Gasteiger partial charge in [-0.3, -0.25) is 0 Å². The molecule has 2 atom stereocenters. The smallest absolute Gasteiger partial charge is 0.408 e. The number of carbonyl (C=O) groups is 2. The number of alkyl carbamates (subject to hydrolysis) is 1. The second-order valence-electron chi connectivity index (χ2n) is 6.04. The molecule has 0 heterocycles. The van der Waals surface area contributed by atoms with Crippen LogP contribution in [-0.4, -0.2) is 24.7 Å². The minimum Gasteiger partial charge on any atom is -0.464 e. The van der Waals surface area contributed by atoms with Crippen LogP contribution in [0, 0.1) is 5.92 Å². The molecule has 2 rings (SSSR count). The number of ether oxygens (including phenoxy) is 2. The summed E-state index contributed by atoms with van der Waals surface area (Å²) in [6, 6.07) is 8.72. The minimum atomic E-state index is -0.690. The van der Waals surface area contributed by atoms with Crippen molar-refractivity contribution in [2.45, 2.75) is 45.3 Å². The second kappa shape index (κ2) is 9.11. The molecule has 5 nitrogen and oxygen atoms in total. The highest BCUT2D eigenvalue weighted by molar-refractivity contribution is 5.81. The number of allylic oxidation sites excluding steroid dienone is 1. The Labute approximate surface area is 143 Å². The van der Waals surface area contributed by atoms with E-state index in [0.29, 0.717) is 0 Å². The van der Waals surface area contributed by atoms with Crippen LogP contribution in [0.3, 0.4) is 0 Å². The summed E-state index contributed by atoms with van der Waals surface area (Å²) in [6.45, 7) is 6.21. The number of rotatable bonds is 6. The van der Waals surface area contributed by atoms with Crippen molar-refractivity contribution in [2.24, 2.45) is 5.92 Å². The Hall–Kier alpha value is -2.30. The summed E-state index contributed by atoms with van der Waals surface area (Å²) in [5.41, 5.74) is 2.01. The third kappa shape index (κ3) is 5.41. The maximum absolute atomic E-state index is 12.2. The van der Waals surface area contributed by atoms with E-state index in [9.17, 15) is 9.59 Å².